The maximum Gasteiger partial charge on any atom is 0.250 e. The number of aliphatic hydroxyl groups excluding tert-OH is 1. The van der Waals surface area contributed by atoms with Crippen molar-refractivity contribution >= 4 is 50.9 Å². The fourth-order valence-electron chi connectivity index (χ4n) is 5.49. The summed E-state index contributed by atoms with van der Waals surface area (Å²) in [4.78, 5) is 41.8. The number of para-hydroxylation sites is 1. The monoisotopic (exact) mass is 541 g/mol. The molecule has 3 heterocycles. The van der Waals surface area contributed by atoms with E-state index in [1.54, 1.807) is 24.3 Å². The van der Waals surface area contributed by atoms with Crippen LogP contribution in [0.3, 0.4) is 0 Å². The summed E-state index contributed by atoms with van der Waals surface area (Å²) in [6, 6.07) is 6.01. The highest BCUT2D eigenvalue weighted by molar-refractivity contribution is 9.09. The average molecular weight is 543 g/mol. The first kappa shape index (κ1) is 24.4. The van der Waals surface area contributed by atoms with Crippen LogP contribution in [0.1, 0.15) is 32.6 Å². The number of unbranched alkanes of at least 4 members (excludes halogenated alkanes) is 1. The number of carbonyl (C=O) groups is 3. The van der Waals surface area contributed by atoms with Gasteiger partial charge >= 0.3 is 0 Å². The van der Waals surface area contributed by atoms with Gasteiger partial charge in [0.05, 0.1) is 28.6 Å². The third-order valence-corrected chi connectivity index (χ3v) is 8.00. The number of hydrogen-bond acceptors (Lipinski definition) is 5. The summed E-state index contributed by atoms with van der Waals surface area (Å²) in [6.07, 6.45) is 1.79. The minimum atomic E-state index is -1.10. The van der Waals surface area contributed by atoms with Crippen LogP contribution in [0.2, 0.25) is 5.02 Å². The minimum absolute atomic E-state index is 0.00279. The summed E-state index contributed by atoms with van der Waals surface area (Å²) in [6.45, 7) is 2.77. The Labute approximate surface area is 206 Å². The van der Waals surface area contributed by atoms with Crippen LogP contribution in [0, 0.1) is 11.8 Å². The van der Waals surface area contributed by atoms with Crippen LogP contribution in [0.25, 0.3) is 0 Å². The van der Waals surface area contributed by atoms with Crippen molar-refractivity contribution in [3.63, 3.8) is 0 Å². The Balaban J connectivity index is 1.69. The van der Waals surface area contributed by atoms with Gasteiger partial charge in [-0.3, -0.25) is 14.4 Å². The normalized spacial score (nSPS) is 32.2. The Morgan fingerprint density at radius 1 is 1.30 bits per heavy atom. The number of halogens is 2. The van der Waals surface area contributed by atoms with Gasteiger partial charge in [0, 0.05) is 24.5 Å². The molecule has 3 aliphatic heterocycles. The summed E-state index contributed by atoms with van der Waals surface area (Å²) >= 11 is 9.89. The zero-order valence-electron chi connectivity index (χ0n) is 18.4. The molecule has 3 N–H and O–H groups in total. The van der Waals surface area contributed by atoms with Crippen molar-refractivity contribution in [2.45, 2.75) is 55.2 Å². The maximum absolute atomic E-state index is 13.7. The van der Waals surface area contributed by atoms with Crippen molar-refractivity contribution in [1.82, 2.24) is 10.2 Å². The molecular weight excluding hydrogens is 514 g/mol. The summed E-state index contributed by atoms with van der Waals surface area (Å²) in [5, 5.41) is 15.4. The predicted molar refractivity (Wildman–Crippen MR) is 127 cm³/mol. The van der Waals surface area contributed by atoms with Gasteiger partial charge in [-0.05, 0) is 37.8 Å². The first-order chi connectivity index (χ1) is 15.9. The lowest BCUT2D eigenvalue weighted by Crippen LogP contribution is -2.54. The molecule has 2 bridgehead atoms. The van der Waals surface area contributed by atoms with Crippen LogP contribution in [-0.4, -0.2) is 70.0 Å². The summed E-state index contributed by atoms with van der Waals surface area (Å²) < 4.78 is 6.41. The molecule has 3 amide bonds. The van der Waals surface area contributed by atoms with Crippen molar-refractivity contribution < 1.29 is 24.2 Å². The molecule has 1 aromatic rings. The second-order valence-corrected chi connectivity index (χ2v) is 10.5. The number of hydrogen-bond donors (Lipinski definition) is 3. The summed E-state index contributed by atoms with van der Waals surface area (Å²) in [7, 11) is 0. The molecule has 1 spiro atoms. The molecule has 8 nitrogen and oxygen atoms in total. The Hall–Kier alpha value is -1.68. The lowest BCUT2D eigenvalue weighted by Gasteiger charge is -2.34. The lowest BCUT2D eigenvalue weighted by atomic mass is 9.70. The average Bonchev–Trinajstić information content (AvgIpc) is 3.37. The number of nitrogens with zero attached hydrogens (tertiary/aromatic N) is 1. The van der Waals surface area contributed by atoms with Gasteiger partial charge < -0.3 is 25.4 Å². The predicted octanol–water partition coefficient (Wildman–Crippen LogP) is 2.33. The van der Waals surface area contributed by atoms with E-state index < -0.39 is 35.5 Å². The van der Waals surface area contributed by atoms with Gasteiger partial charge in [-0.15, -0.1) is 0 Å². The molecule has 3 saturated heterocycles. The standard InChI is InChI=1S/C23H29BrClN3O5/c1-2-9-26-20(30)16-17-22(32)28(10-5-6-11-29)19(23(17)12-13(24)18(16)33-23)21(31)27-15-8-4-3-7-14(15)25/h3-4,7-8,13,16-19,29H,2,5-6,9-12H2,1H3,(H,26,30)(H,27,31)/t13?,16-,17-,18-,19?,23?/m0/s1. The third kappa shape index (κ3) is 4.17. The topological polar surface area (TPSA) is 108 Å². The number of fused-ring (bicyclic) bond motifs is 1. The van der Waals surface area contributed by atoms with Crippen molar-refractivity contribution in [3.8, 4) is 0 Å². The molecule has 0 saturated carbocycles. The van der Waals surface area contributed by atoms with Gasteiger partial charge in [-0.2, -0.15) is 0 Å². The number of amides is 3. The summed E-state index contributed by atoms with van der Waals surface area (Å²) in [5.41, 5.74) is -0.652. The molecule has 3 aliphatic rings. The van der Waals surface area contributed by atoms with E-state index in [4.69, 9.17) is 16.3 Å². The highest BCUT2D eigenvalue weighted by Gasteiger charge is 2.76. The molecular formula is C23H29BrClN3O5. The van der Waals surface area contributed by atoms with Gasteiger partial charge in [0.2, 0.25) is 17.7 Å². The quantitative estimate of drug-likeness (QED) is 0.328. The number of ether oxygens (including phenoxy) is 1. The number of alkyl halides is 1. The fraction of sp³-hybridized carbons (Fsp3) is 0.609. The van der Waals surface area contributed by atoms with Crippen molar-refractivity contribution in [3.05, 3.63) is 29.3 Å². The Morgan fingerprint density at radius 2 is 2.06 bits per heavy atom. The second-order valence-electron chi connectivity index (χ2n) is 8.89. The molecule has 10 heteroatoms. The minimum Gasteiger partial charge on any atom is -0.396 e. The van der Waals surface area contributed by atoms with E-state index >= 15 is 0 Å². The highest BCUT2D eigenvalue weighted by Crippen LogP contribution is 2.60. The molecule has 3 fully saturated rings. The zero-order valence-corrected chi connectivity index (χ0v) is 20.8. The van der Waals surface area contributed by atoms with Crippen LogP contribution < -0.4 is 10.6 Å². The van der Waals surface area contributed by atoms with Gasteiger partial charge in [-0.25, -0.2) is 0 Å². The van der Waals surface area contributed by atoms with E-state index in [9.17, 15) is 19.5 Å². The zero-order chi connectivity index (χ0) is 23.8. The SMILES string of the molecule is CCCNC(=O)[C@H]1[C@H]2C(=O)N(CCCCO)C(C(=O)Nc3ccccc3Cl)C23CC(Br)[C@@H]1O3. The van der Waals surface area contributed by atoms with E-state index in [-0.39, 0.29) is 23.2 Å². The largest absolute Gasteiger partial charge is 0.396 e. The van der Waals surface area contributed by atoms with E-state index in [0.29, 0.717) is 43.1 Å². The van der Waals surface area contributed by atoms with Gasteiger partial charge in [0.15, 0.2) is 0 Å². The fourth-order valence-corrected chi connectivity index (χ4v) is 6.62. The van der Waals surface area contributed by atoms with Crippen LogP contribution in [0.15, 0.2) is 24.3 Å². The molecule has 3 unspecified atom stereocenters. The van der Waals surface area contributed by atoms with Crippen LogP contribution in [0.4, 0.5) is 5.69 Å². The number of nitrogens with one attached hydrogen (secondary N) is 2. The van der Waals surface area contributed by atoms with E-state index in [2.05, 4.69) is 26.6 Å². The molecule has 0 aliphatic carbocycles. The molecule has 33 heavy (non-hydrogen) atoms. The Bertz CT molecular complexity index is 933. The number of carbonyl (C=O) groups excluding carboxylic acids is 3. The van der Waals surface area contributed by atoms with Crippen LogP contribution >= 0.6 is 27.5 Å². The maximum atomic E-state index is 13.7. The number of benzene rings is 1. The molecule has 6 atom stereocenters. The lowest BCUT2D eigenvalue weighted by molar-refractivity contribution is -0.140. The van der Waals surface area contributed by atoms with E-state index in [1.165, 1.54) is 4.90 Å². The van der Waals surface area contributed by atoms with Crippen molar-refractivity contribution in [2.24, 2.45) is 11.8 Å². The van der Waals surface area contributed by atoms with Gasteiger partial charge in [0.1, 0.15) is 11.6 Å². The van der Waals surface area contributed by atoms with E-state index in [1.807, 2.05) is 6.92 Å². The molecule has 0 aromatic heterocycles. The smallest absolute Gasteiger partial charge is 0.250 e. The van der Waals surface area contributed by atoms with E-state index in [0.717, 1.165) is 6.42 Å². The molecule has 0 radical (unpaired) electrons. The van der Waals surface area contributed by atoms with Crippen LogP contribution in [-0.2, 0) is 19.1 Å². The van der Waals surface area contributed by atoms with Crippen LogP contribution in [0.5, 0.6) is 0 Å². The molecule has 180 valence electrons. The van der Waals surface area contributed by atoms with Gasteiger partial charge in [-0.1, -0.05) is 46.6 Å². The number of rotatable bonds is 9. The number of anilines is 1. The first-order valence-electron chi connectivity index (χ1n) is 11.4. The Kier molecular flexibility index (Phi) is 7.33. The number of aliphatic hydroxyl groups is 1. The number of likely N-dealkylation sites (tertiary alicyclic amines) is 1. The second kappa shape index (κ2) is 9.90. The van der Waals surface area contributed by atoms with Gasteiger partial charge in [0.25, 0.3) is 0 Å². The Morgan fingerprint density at radius 3 is 2.76 bits per heavy atom. The highest BCUT2D eigenvalue weighted by atomic mass is 79.9. The van der Waals surface area contributed by atoms with Crippen molar-refractivity contribution in [1.29, 1.82) is 0 Å². The van der Waals surface area contributed by atoms with Crippen molar-refractivity contribution in [2.75, 3.05) is 25.0 Å². The first-order valence-corrected chi connectivity index (χ1v) is 12.7. The third-order valence-electron chi connectivity index (χ3n) is 6.83. The summed E-state index contributed by atoms with van der Waals surface area (Å²) in [5.74, 6) is -2.25. The molecule has 1 aromatic carbocycles. The molecule has 4 rings (SSSR count).